The molecule has 6 nitrogen and oxygen atoms in total. The number of anilines is 1. The van der Waals surface area contributed by atoms with Crippen molar-refractivity contribution in [3.05, 3.63) is 48.0 Å². The van der Waals surface area contributed by atoms with E-state index in [2.05, 4.69) is 18.7 Å². The molecular formula is C21H23N3O3. The zero-order chi connectivity index (χ0) is 19.6. The summed E-state index contributed by atoms with van der Waals surface area (Å²) in [6.45, 7) is 5.09. The first-order valence-electron chi connectivity index (χ1n) is 8.79. The van der Waals surface area contributed by atoms with Gasteiger partial charge in [-0.1, -0.05) is 13.8 Å². The number of rotatable bonds is 6. The van der Waals surface area contributed by atoms with Gasteiger partial charge in [0.05, 0.1) is 23.7 Å². The van der Waals surface area contributed by atoms with Gasteiger partial charge >= 0.3 is 5.97 Å². The fraction of sp³-hybridized carbons (Fsp3) is 0.286. The van der Waals surface area contributed by atoms with Crippen LogP contribution in [0.25, 0.3) is 22.3 Å². The average Bonchev–Trinajstić information content (AvgIpc) is 2.66. The van der Waals surface area contributed by atoms with E-state index in [1.54, 1.807) is 25.3 Å². The lowest BCUT2D eigenvalue weighted by Crippen LogP contribution is -2.24. The summed E-state index contributed by atoms with van der Waals surface area (Å²) in [7, 11) is 3.61. The van der Waals surface area contributed by atoms with E-state index >= 15 is 0 Å². The lowest BCUT2D eigenvalue weighted by Gasteiger charge is -2.23. The van der Waals surface area contributed by atoms with Crippen molar-refractivity contribution in [2.45, 2.75) is 13.8 Å². The Morgan fingerprint density at radius 3 is 2.41 bits per heavy atom. The van der Waals surface area contributed by atoms with Crippen molar-refractivity contribution >= 4 is 22.8 Å². The summed E-state index contributed by atoms with van der Waals surface area (Å²) < 4.78 is 5.24. The number of methoxy groups -OCH3 is 1. The summed E-state index contributed by atoms with van der Waals surface area (Å²) in [6.07, 6.45) is 0. The Labute approximate surface area is 158 Å². The van der Waals surface area contributed by atoms with Crippen LogP contribution in [0.3, 0.4) is 0 Å². The lowest BCUT2D eigenvalue weighted by molar-refractivity contribution is 0.0697. The highest BCUT2D eigenvalue weighted by Gasteiger charge is 2.17. The van der Waals surface area contributed by atoms with E-state index in [0.717, 1.165) is 29.4 Å². The number of benzene rings is 2. The molecule has 0 unspecified atom stereocenters. The summed E-state index contributed by atoms with van der Waals surface area (Å²) in [5, 5.41) is 9.25. The van der Waals surface area contributed by atoms with Gasteiger partial charge in [0, 0.05) is 19.2 Å². The number of nitrogens with zero attached hydrogens (tertiary/aromatic N) is 3. The molecule has 0 aliphatic carbocycles. The Morgan fingerprint density at radius 1 is 1.11 bits per heavy atom. The van der Waals surface area contributed by atoms with Crippen LogP contribution in [0.2, 0.25) is 0 Å². The van der Waals surface area contributed by atoms with Gasteiger partial charge in [-0.3, -0.25) is 0 Å². The second kappa shape index (κ2) is 7.61. The van der Waals surface area contributed by atoms with Gasteiger partial charge < -0.3 is 14.7 Å². The molecule has 3 aromatic rings. The minimum atomic E-state index is -0.977. The summed E-state index contributed by atoms with van der Waals surface area (Å²) in [5.41, 5.74) is 3.12. The Balaban J connectivity index is 2.18. The molecule has 0 saturated heterocycles. The molecule has 3 rings (SSSR count). The van der Waals surface area contributed by atoms with Crippen LogP contribution in [0.1, 0.15) is 24.2 Å². The van der Waals surface area contributed by atoms with Gasteiger partial charge in [-0.25, -0.2) is 14.8 Å². The number of carbonyl (C=O) groups is 1. The maximum atomic E-state index is 11.3. The second-order valence-electron chi connectivity index (χ2n) is 6.91. The highest BCUT2D eigenvalue weighted by atomic mass is 16.5. The van der Waals surface area contributed by atoms with Crippen molar-refractivity contribution in [2.24, 2.45) is 5.92 Å². The lowest BCUT2D eigenvalue weighted by atomic mass is 10.1. The summed E-state index contributed by atoms with van der Waals surface area (Å²) in [5.74, 6) is 0.969. The van der Waals surface area contributed by atoms with Gasteiger partial charge in [-0.2, -0.15) is 0 Å². The topological polar surface area (TPSA) is 75.5 Å². The molecule has 1 heterocycles. The number of ether oxygens (including phenoxy) is 1. The minimum absolute atomic E-state index is 0.200. The molecule has 140 valence electrons. The van der Waals surface area contributed by atoms with E-state index in [-0.39, 0.29) is 5.56 Å². The molecule has 2 aromatic carbocycles. The Morgan fingerprint density at radius 2 is 1.81 bits per heavy atom. The van der Waals surface area contributed by atoms with Gasteiger partial charge in [-0.05, 0) is 48.4 Å². The van der Waals surface area contributed by atoms with Crippen LogP contribution in [0.5, 0.6) is 5.75 Å². The molecule has 1 N–H and O–H groups in total. The normalized spacial score (nSPS) is 11.0. The van der Waals surface area contributed by atoms with Crippen LogP contribution in [0.15, 0.2) is 42.5 Å². The third-order valence-corrected chi connectivity index (χ3v) is 4.26. The van der Waals surface area contributed by atoms with Crippen LogP contribution >= 0.6 is 0 Å². The standard InChI is InChI=1S/C21H23N3O3/c1-13(2)12-24(3)20-19(14-5-8-16(27-4)9-6-14)22-17-10-7-15(21(25)26)11-18(17)23-20/h5-11,13H,12H2,1-4H3,(H,25,26). The number of aromatic nitrogens is 2. The fourth-order valence-electron chi connectivity index (χ4n) is 3.02. The molecule has 27 heavy (non-hydrogen) atoms. The van der Waals surface area contributed by atoms with Gasteiger partial charge in [0.15, 0.2) is 5.82 Å². The SMILES string of the molecule is COc1ccc(-c2nc3ccc(C(=O)O)cc3nc2N(C)CC(C)C)cc1. The smallest absolute Gasteiger partial charge is 0.335 e. The first-order chi connectivity index (χ1) is 12.9. The van der Waals surface area contributed by atoms with Gasteiger partial charge in [-0.15, -0.1) is 0 Å². The summed E-state index contributed by atoms with van der Waals surface area (Å²) in [6, 6.07) is 12.5. The number of carboxylic acid groups (broad SMARTS) is 1. The van der Waals surface area contributed by atoms with Crippen LogP contribution in [-0.2, 0) is 0 Å². The first kappa shape index (κ1) is 18.6. The monoisotopic (exact) mass is 365 g/mol. The van der Waals surface area contributed by atoms with Crippen LogP contribution < -0.4 is 9.64 Å². The first-order valence-corrected chi connectivity index (χ1v) is 8.79. The number of fused-ring (bicyclic) bond motifs is 1. The number of aromatic carboxylic acids is 1. The zero-order valence-electron chi connectivity index (χ0n) is 15.9. The quantitative estimate of drug-likeness (QED) is 0.709. The number of carboxylic acids is 1. The van der Waals surface area contributed by atoms with E-state index in [9.17, 15) is 9.90 Å². The highest BCUT2D eigenvalue weighted by Crippen LogP contribution is 2.31. The number of hydrogen-bond acceptors (Lipinski definition) is 5. The molecule has 0 atom stereocenters. The van der Waals surface area contributed by atoms with E-state index in [4.69, 9.17) is 14.7 Å². The third-order valence-electron chi connectivity index (χ3n) is 4.26. The van der Waals surface area contributed by atoms with Crippen molar-refractivity contribution in [1.29, 1.82) is 0 Å². The van der Waals surface area contributed by atoms with E-state index in [0.29, 0.717) is 17.0 Å². The summed E-state index contributed by atoms with van der Waals surface area (Å²) >= 11 is 0. The molecule has 1 aromatic heterocycles. The van der Waals surface area contributed by atoms with Crippen LogP contribution in [0.4, 0.5) is 5.82 Å². The molecule has 6 heteroatoms. The molecule has 0 radical (unpaired) electrons. The van der Waals surface area contributed by atoms with Crippen molar-refractivity contribution < 1.29 is 14.6 Å². The predicted molar refractivity (Wildman–Crippen MR) is 107 cm³/mol. The maximum absolute atomic E-state index is 11.3. The molecule has 0 saturated carbocycles. The molecule has 0 bridgehead atoms. The minimum Gasteiger partial charge on any atom is -0.497 e. The highest BCUT2D eigenvalue weighted by molar-refractivity contribution is 5.93. The van der Waals surface area contributed by atoms with Crippen molar-refractivity contribution in [3.8, 4) is 17.0 Å². The molecule has 0 amide bonds. The average molecular weight is 365 g/mol. The van der Waals surface area contributed by atoms with Crippen molar-refractivity contribution in [3.63, 3.8) is 0 Å². The molecule has 0 fully saturated rings. The fourth-order valence-corrected chi connectivity index (χ4v) is 3.02. The Bertz CT molecular complexity index is 968. The van der Waals surface area contributed by atoms with Gasteiger partial charge in [0.25, 0.3) is 0 Å². The molecule has 0 aliphatic heterocycles. The van der Waals surface area contributed by atoms with Crippen molar-refractivity contribution in [2.75, 3.05) is 25.6 Å². The summed E-state index contributed by atoms with van der Waals surface area (Å²) in [4.78, 5) is 22.9. The Kier molecular flexibility index (Phi) is 5.26. The second-order valence-corrected chi connectivity index (χ2v) is 6.91. The van der Waals surface area contributed by atoms with Gasteiger partial charge in [0.1, 0.15) is 11.4 Å². The van der Waals surface area contributed by atoms with Gasteiger partial charge in [0.2, 0.25) is 0 Å². The van der Waals surface area contributed by atoms with E-state index in [1.807, 2.05) is 31.3 Å². The van der Waals surface area contributed by atoms with E-state index in [1.165, 1.54) is 0 Å². The predicted octanol–water partition coefficient (Wildman–Crippen LogP) is 4.10. The molecule has 0 aliphatic rings. The maximum Gasteiger partial charge on any atom is 0.335 e. The zero-order valence-corrected chi connectivity index (χ0v) is 15.9. The van der Waals surface area contributed by atoms with Crippen LogP contribution in [0, 0.1) is 5.92 Å². The van der Waals surface area contributed by atoms with Crippen LogP contribution in [-0.4, -0.2) is 41.7 Å². The number of hydrogen-bond donors (Lipinski definition) is 1. The largest absolute Gasteiger partial charge is 0.497 e. The molecular weight excluding hydrogens is 342 g/mol. The third kappa shape index (κ3) is 4.00. The molecule has 0 spiro atoms. The van der Waals surface area contributed by atoms with Crippen molar-refractivity contribution in [1.82, 2.24) is 9.97 Å². The Hall–Kier alpha value is -3.15. The van der Waals surface area contributed by atoms with E-state index < -0.39 is 5.97 Å².